The molecule has 4 heteroatoms. The number of hydrogen-bond acceptors (Lipinski definition) is 3. The van der Waals surface area contributed by atoms with E-state index < -0.39 is 11.2 Å². The summed E-state index contributed by atoms with van der Waals surface area (Å²) in [5.74, 6) is -1.28. The van der Waals surface area contributed by atoms with Crippen molar-refractivity contribution in [2.45, 2.75) is 44.8 Å². The zero-order chi connectivity index (χ0) is 9.90. The van der Waals surface area contributed by atoms with Crippen molar-refractivity contribution in [3.05, 3.63) is 0 Å². The Balaban J connectivity index is 2.64. The standard InChI is InChI=1S/C9H15ClO3/c1-2-7-5-3-4-6-9(7,12)13-8(10)11/h7,12H,2-6H2,1H3. The molecular formula is C9H15ClO3. The van der Waals surface area contributed by atoms with Crippen LogP contribution in [0, 0.1) is 5.92 Å². The molecule has 0 radical (unpaired) electrons. The number of halogens is 1. The molecule has 1 aliphatic carbocycles. The van der Waals surface area contributed by atoms with E-state index in [0.29, 0.717) is 6.42 Å². The molecule has 0 aromatic carbocycles. The van der Waals surface area contributed by atoms with E-state index in [1.807, 2.05) is 6.92 Å². The SMILES string of the molecule is CCC1CCCCC1(O)OC(=O)Cl. The predicted octanol–water partition coefficient (Wildman–Crippen LogP) is 2.65. The molecule has 0 aromatic heterocycles. The van der Waals surface area contributed by atoms with Crippen molar-refractivity contribution in [1.29, 1.82) is 0 Å². The van der Waals surface area contributed by atoms with Crippen LogP contribution in [0.25, 0.3) is 0 Å². The average Bonchev–Trinajstić information content (AvgIpc) is 2.03. The van der Waals surface area contributed by atoms with Gasteiger partial charge in [-0.25, -0.2) is 4.79 Å². The van der Waals surface area contributed by atoms with Gasteiger partial charge in [-0.3, -0.25) is 0 Å². The summed E-state index contributed by atoms with van der Waals surface area (Å²) in [6.07, 6.45) is 4.18. The molecule has 76 valence electrons. The molecule has 1 fully saturated rings. The minimum Gasteiger partial charge on any atom is -0.421 e. The molecule has 1 N–H and O–H groups in total. The minimum absolute atomic E-state index is 0.0314. The summed E-state index contributed by atoms with van der Waals surface area (Å²) in [5.41, 5.74) is -0.914. The van der Waals surface area contributed by atoms with Crippen LogP contribution < -0.4 is 0 Å². The third-order valence-corrected chi connectivity index (χ3v) is 2.80. The second-order valence-electron chi connectivity index (χ2n) is 3.54. The van der Waals surface area contributed by atoms with Crippen LogP contribution in [0.15, 0.2) is 0 Å². The van der Waals surface area contributed by atoms with Gasteiger partial charge in [0.15, 0.2) is 0 Å². The van der Waals surface area contributed by atoms with Crippen LogP contribution in [-0.4, -0.2) is 16.3 Å². The molecule has 0 aromatic rings. The van der Waals surface area contributed by atoms with Gasteiger partial charge in [-0.1, -0.05) is 13.3 Å². The first-order valence-corrected chi connectivity index (χ1v) is 5.07. The van der Waals surface area contributed by atoms with Gasteiger partial charge in [0.25, 0.3) is 0 Å². The van der Waals surface area contributed by atoms with Crippen LogP contribution in [0.3, 0.4) is 0 Å². The van der Waals surface area contributed by atoms with Crippen LogP contribution in [0.1, 0.15) is 39.0 Å². The van der Waals surface area contributed by atoms with Gasteiger partial charge in [-0.2, -0.15) is 0 Å². The second kappa shape index (κ2) is 4.29. The van der Waals surface area contributed by atoms with Gasteiger partial charge in [0.05, 0.1) is 0 Å². The summed E-state index contributed by atoms with van der Waals surface area (Å²) in [4.78, 5) is 10.6. The van der Waals surface area contributed by atoms with E-state index in [1.54, 1.807) is 0 Å². The van der Waals surface area contributed by atoms with Gasteiger partial charge in [-0.05, 0) is 19.3 Å². The van der Waals surface area contributed by atoms with Crippen LogP contribution in [0.5, 0.6) is 0 Å². The Kier molecular flexibility index (Phi) is 3.56. The highest BCUT2D eigenvalue weighted by Gasteiger charge is 2.41. The fourth-order valence-electron chi connectivity index (χ4n) is 2.00. The van der Waals surface area contributed by atoms with Gasteiger partial charge < -0.3 is 9.84 Å². The smallest absolute Gasteiger partial charge is 0.406 e. The zero-order valence-electron chi connectivity index (χ0n) is 7.75. The van der Waals surface area contributed by atoms with Crippen molar-refractivity contribution in [3.8, 4) is 0 Å². The van der Waals surface area contributed by atoms with E-state index >= 15 is 0 Å². The van der Waals surface area contributed by atoms with E-state index in [4.69, 9.17) is 16.3 Å². The van der Waals surface area contributed by atoms with Crippen molar-refractivity contribution >= 4 is 17.0 Å². The Morgan fingerprint density at radius 3 is 2.92 bits per heavy atom. The monoisotopic (exact) mass is 206 g/mol. The van der Waals surface area contributed by atoms with Crippen molar-refractivity contribution in [2.24, 2.45) is 5.92 Å². The Hall–Kier alpha value is -0.280. The number of carbonyl (C=O) groups excluding carboxylic acids is 1. The molecular weight excluding hydrogens is 192 g/mol. The number of carbonyl (C=O) groups is 1. The highest BCUT2D eigenvalue weighted by Crippen LogP contribution is 2.37. The lowest BCUT2D eigenvalue weighted by Crippen LogP contribution is -2.43. The molecule has 13 heavy (non-hydrogen) atoms. The van der Waals surface area contributed by atoms with Gasteiger partial charge >= 0.3 is 5.43 Å². The molecule has 0 aliphatic heterocycles. The van der Waals surface area contributed by atoms with E-state index in [9.17, 15) is 9.90 Å². The van der Waals surface area contributed by atoms with E-state index in [0.717, 1.165) is 25.7 Å². The van der Waals surface area contributed by atoms with Gasteiger partial charge in [0.2, 0.25) is 5.79 Å². The Bertz CT molecular complexity index is 195. The fraction of sp³-hybridized carbons (Fsp3) is 0.889. The number of aliphatic hydroxyl groups is 1. The molecule has 1 aliphatic rings. The lowest BCUT2D eigenvalue weighted by molar-refractivity contribution is -0.211. The quantitative estimate of drug-likeness (QED) is 0.558. The maximum Gasteiger partial charge on any atom is 0.406 e. The van der Waals surface area contributed by atoms with E-state index in [-0.39, 0.29) is 5.92 Å². The van der Waals surface area contributed by atoms with Crippen molar-refractivity contribution in [2.75, 3.05) is 0 Å². The molecule has 2 atom stereocenters. The maximum atomic E-state index is 10.6. The number of rotatable bonds is 2. The fourth-order valence-corrected chi connectivity index (χ4v) is 2.13. The van der Waals surface area contributed by atoms with Crippen molar-refractivity contribution in [3.63, 3.8) is 0 Å². The molecule has 2 unspecified atom stereocenters. The molecule has 1 saturated carbocycles. The van der Waals surface area contributed by atoms with Crippen LogP contribution in [-0.2, 0) is 4.74 Å². The van der Waals surface area contributed by atoms with E-state index in [1.165, 1.54) is 0 Å². The number of ether oxygens (including phenoxy) is 1. The van der Waals surface area contributed by atoms with Gasteiger partial charge in [0, 0.05) is 23.9 Å². The molecule has 3 nitrogen and oxygen atoms in total. The largest absolute Gasteiger partial charge is 0.421 e. The highest BCUT2D eigenvalue weighted by molar-refractivity contribution is 6.61. The first-order valence-electron chi connectivity index (χ1n) is 4.69. The van der Waals surface area contributed by atoms with Gasteiger partial charge in [0.1, 0.15) is 0 Å². The molecule has 0 amide bonds. The summed E-state index contributed by atoms with van der Waals surface area (Å²) in [6.45, 7) is 1.98. The van der Waals surface area contributed by atoms with Crippen LogP contribution >= 0.6 is 11.6 Å². The Labute approximate surface area is 83.0 Å². The van der Waals surface area contributed by atoms with Gasteiger partial charge in [-0.15, -0.1) is 0 Å². The highest BCUT2D eigenvalue weighted by atomic mass is 35.5. The average molecular weight is 207 g/mol. The molecule has 0 spiro atoms. The third kappa shape index (κ3) is 2.58. The maximum absolute atomic E-state index is 10.6. The molecule has 1 rings (SSSR count). The topological polar surface area (TPSA) is 46.5 Å². The summed E-state index contributed by atoms with van der Waals surface area (Å²) in [6, 6.07) is 0. The second-order valence-corrected chi connectivity index (χ2v) is 3.84. The predicted molar refractivity (Wildman–Crippen MR) is 49.5 cm³/mol. The molecule has 0 bridgehead atoms. The summed E-state index contributed by atoms with van der Waals surface area (Å²) < 4.78 is 4.76. The molecule has 0 saturated heterocycles. The van der Waals surface area contributed by atoms with E-state index in [2.05, 4.69) is 0 Å². The first kappa shape index (κ1) is 10.8. The summed E-state index contributed by atoms with van der Waals surface area (Å²) >= 11 is 5.10. The minimum atomic E-state index is -1.31. The van der Waals surface area contributed by atoms with Crippen LogP contribution in [0.2, 0.25) is 0 Å². The third-order valence-electron chi connectivity index (χ3n) is 2.73. The zero-order valence-corrected chi connectivity index (χ0v) is 8.51. The normalized spacial score (nSPS) is 34.2. The summed E-state index contributed by atoms with van der Waals surface area (Å²) in [7, 11) is 0. The van der Waals surface area contributed by atoms with Crippen molar-refractivity contribution < 1.29 is 14.6 Å². The Morgan fingerprint density at radius 1 is 1.69 bits per heavy atom. The first-order chi connectivity index (χ1) is 6.08. The van der Waals surface area contributed by atoms with Crippen molar-refractivity contribution in [1.82, 2.24) is 0 Å². The number of hydrogen-bond donors (Lipinski definition) is 1. The lowest BCUT2D eigenvalue weighted by atomic mass is 9.82. The Morgan fingerprint density at radius 2 is 2.38 bits per heavy atom. The van der Waals surface area contributed by atoms with Crippen LogP contribution in [0.4, 0.5) is 4.79 Å². The summed E-state index contributed by atoms with van der Waals surface area (Å²) in [5, 5.41) is 9.97. The molecule has 0 heterocycles. The lowest BCUT2D eigenvalue weighted by Gasteiger charge is -2.37.